The van der Waals surface area contributed by atoms with Crippen molar-refractivity contribution in [3.63, 3.8) is 0 Å². The predicted octanol–water partition coefficient (Wildman–Crippen LogP) is 2.66. The number of nitrogens with zero attached hydrogens (tertiary/aromatic N) is 2. The van der Waals surface area contributed by atoms with Crippen LogP contribution in [0.15, 0.2) is 29.4 Å². The van der Waals surface area contributed by atoms with Gasteiger partial charge in [0.1, 0.15) is 6.54 Å². The van der Waals surface area contributed by atoms with E-state index in [0.717, 1.165) is 24.8 Å². The second-order valence-electron chi connectivity index (χ2n) is 6.24. The first-order chi connectivity index (χ1) is 11.1. The molecule has 2 rings (SSSR count). The van der Waals surface area contributed by atoms with Gasteiger partial charge in [-0.25, -0.2) is 5.43 Å². The summed E-state index contributed by atoms with van der Waals surface area (Å²) in [6, 6.07) is 8.07. The van der Waals surface area contributed by atoms with Crippen LogP contribution in [0.4, 0.5) is 0 Å². The zero-order valence-electron chi connectivity index (χ0n) is 13.9. The van der Waals surface area contributed by atoms with Gasteiger partial charge >= 0.3 is 0 Å². The summed E-state index contributed by atoms with van der Waals surface area (Å²) in [6.07, 6.45) is 5.09. The van der Waals surface area contributed by atoms with Crippen LogP contribution in [0.3, 0.4) is 0 Å². The molecule has 1 N–H and O–H groups in total. The van der Waals surface area contributed by atoms with E-state index in [0.29, 0.717) is 18.9 Å². The average molecular weight is 315 g/mol. The van der Waals surface area contributed by atoms with Crippen LogP contribution in [-0.4, -0.2) is 36.0 Å². The van der Waals surface area contributed by atoms with Crippen LogP contribution in [0.2, 0.25) is 0 Å². The van der Waals surface area contributed by atoms with Gasteiger partial charge in [-0.2, -0.15) is 5.10 Å². The quantitative estimate of drug-likeness (QED) is 0.671. The summed E-state index contributed by atoms with van der Waals surface area (Å²) in [6.45, 7) is 5.04. The normalized spacial score (nSPS) is 16.0. The third-order valence-corrected chi connectivity index (χ3v) is 4.01. The fourth-order valence-electron chi connectivity index (χ4n) is 2.56. The van der Waals surface area contributed by atoms with Crippen molar-refractivity contribution in [3.05, 3.63) is 35.4 Å². The van der Waals surface area contributed by atoms with Crippen molar-refractivity contribution in [2.45, 2.75) is 45.4 Å². The van der Waals surface area contributed by atoms with Crippen molar-refractivity contribution in [3.8, 4) is 0 Å². The molecule has 0 aromatic heterocycles. The summed E-state index contributed by atoms with van der Waals surface area (Å²) in [4.78, 5) is 25.3. The molecule has 2 amide bonds. The van der Waals surface area contributed by atoms with Gasteiger partial charge in [-0.3, -0.25) is 9.59 Å². The summed E-state index contributed by atoms with van der Waals surface area (Å²) in [5.41, 5.74) is 4.69. The molecule has 0 atom stereocenters. The highest BCUT2D eigenvalue weighted by atomic mass is 16.2. The first-order valence-corrected chi connectivity index (χ1v) is 8.26. The van der Waals surface area contributed by atoms with E-state index in [2.05, 4.69) is 36.5 Å². The van der Waals surface area contributed by atoms with E-state index in [-0.39, 0.29) is 18.4 Å². The van der Waals surface area contributed by atoms with E-state index >= 15 is 0 Å². The summed E-state index contributed by atoms with van der Waals surface area (Å²) < 4.78 is 0. The molecule has 5 nitrogen and oxygen atoms in total. The van der Waals surface area contributed by atoms with Crippen LogP contribution in [0.5, 0.6) is 0 Å². The Balaban J connectivity index is 1.82. The van der Waals surface area contributed by atoms with Gasteiger partial charge in [0.05, 0.1) is 6.21 Å². The Bertz CT molecular complexity index is 564. The second kappa shape index (κ2) is 8.46. The fourth-order valence-corrected chi connectivity index (χ4v) is 2.56. The van der Waals surface area contributed by atoms with Crippen LogP contribution < -0.4 is 5.43 Å². The Kier molecular flexibility index (Phi) is 6.32. The molecular formula is C18H25N3O2. The summed E-state index contributed by atoms with van der Waals surface area (Å²) >= 11 is 0. The first kappa shape index (κ1) is 17.2. The summed E-state index contributed by atoms with van der Waals surface area (Å²) in [7, 11) is 0. The second-order valence-corrected chi connectivity index (χ2v) is 6.24. The average Bonchev–Trinajstić information content (AvgIpc) is 2.73. The highest BCUT2D eigenvalue weighted by Gasteiger charge is 2.18. The number of rotatable bonds is 5. The largest absolute Gasteiger partial charge is 0.333 e. The van der Waals surface area contributed by atoms with Crippen molar-refractivity contribution >= 4 is 18.0 Å². The van der Waals surface area contributed by atoms with Gasteiger partial charge in [-0.05, 0) is 29.9 Å². The number of benzene rings is 1. The number of nitrogens with one attached hydrogen (secondary N) is 1. The Hall–Kier alpha value is -2.17. The van der Waals surface area contributed by atoms with Gasteiger partial charge in [0.15, 0.2) is 0 Å². The lowest BCUT2D eigenvalue weighted by Crippen LogP contribution is -2.39. The maximum absolute atomic E-state index is 11.9. The van der Waals surface area contributed by atoms with Gasteiger partial charge in [-0.1, -0.05) is 44.5 Å². The summed E-state index contributed by atoms with van der Waals surface area (Å²) in [5, 5.41) is 3.97. The Morgan fingerprint density at radius 2 is 2.00 bits per heavy atom. The first-order valence-electron chi connectivity index (χ1n) is 8.26. The minimum Gasteiger partial charge on any atom is -0.333 e. The molecule has 0 unspecified atom stereocenters. The third kappa shape index (κ3) is 5.51. The van der Waals surface area contributed by atoms with Crippen LogP contribution in [-0.2, 0) is 9.59 Å². The van der Waals surface area contributed by atoms with E-state index in [1.165, 1.54) is 5.56 Å². The highest BCUT2D eigenvalue weighted by Crippen LogP contribution is 2.14. The maximum atomic E-state index is 11.9. The number of hydrogen-bond acceptors (Lipinski definition) is 3. The molecule has 0 radical (unpaired) electrons. The number of amides is 2. The van der Waals surface area contributed by atoms with Gasteiger partial charge in [-0.15, -0.1) is 0 Å². The molecule has 1 aromatic carbocycles. The molecule has 0 spiro atoms. The lowest BCUT2D eigenvalue weighted by Gasteiger charge is -2.18. The Labute approximate surface area is 137 Å². The molecule has 5 heteroatoms. The number of hydrogen-bond donors (Lipinski definition) is 1. The van der Waals surface area contributed by atoms with Gasteiger partial charge < -0.3 is 4.90 Å². The van der Waals surface area contributed by atoms with Crippen molar-refractivity contribution in [1.82, 2.24) is 10.3 Å². The number of carbonyl (C=O) groups excluding carboxylic acids is 2. The molecular weight excluding hydrogens is 290 g/mol. The molecule has 1 fully saturated rings. The lowest BCUT2D eigenvalue weighted by molar-refractivity contribution is -0.135. The molecule has 23 heavy (non-hydrogen) atoms. The SMILES string of the molecule is CC(C)c1ccc(/C=N\NC(=O)CN2CCCCCC2=O)cc1. The van der Waals surface area contributed by atoms with Crippen LogP contribution in [0.25, 0.3) is 0 Å². The standard InChI is InChI=1S/C18H25N3O2/c1-14(2)16-9-7-15(8-10-16)12-19-20-17(22)13-21-11-5-3-4-6-18(21)23/h7-10,12,14H,3-6,11,13H2,1-2H3,(H,20,22)/b19-12-. The van der Waals surface area contributed by atoms with Crippen molar-refractivity contribution in [2.24, 2.45) is 5.10 Å². The molecule has 0 aliphatic carbocycles. The zero-order chi connectivity index (χ0) is 16.7. The van der Waals surface area contributed by atoms with Crippen molar-refractivity contribution < 1.29 is 9.59 Å². The minimum atomic E-state index is -0.254. The number of carbonyl (C=O) groups is 2. The van der Waals surface area contributed by atoms with Crippen molar-refractivity contribution in [2.75, 3.05) is 13.1 Å². The smallest absolute Gasteiger partial charge is 0.259 e. The van der Waals surface area contributed by atoms with Gasteiger partial charge in [0.2, 0.25) is 5.91 Å². The fraction of sp³-hybridized carbons (Fsp3) is 0.500. The highest BCUT2D eigenvalue weighted by molar-refractivity contribution is 5.86. The van der Waals surface area contributed by atoms with E-state index < -0.39 is 0 Å². The van der Waals surface area contributed by atoms with E-state index in [4.69, 9.17) is 0 Å². The van der Waals surface area contributed by atoms with E-state index in [1.54, 1.807) is 11.1 Å². The Morgan fingerprint density at radius 1 is 1.26 bits per heavy atom. The Morgan fingerprint density at radius 3 is 2.70 bits per heavy atom. The molecule has 1 aromatic rings. The molecule has 1 saturated heterocycles. The van der Waals surface area contributed by atoms with Crippen LogP contribution in [0.1, 0.15) is 56.6 Å². The zero-order valence-corrected chi connectivity index (χ0v) is 13.9. The number of hydrazone groups is 1. The predicted molar refractivity (Wildman–Crippen MR) is 91.3 cm³/mol. The van der Waals surface area contributed by atoms with Crippen LogP contribution >= 0.6 is 0 Å². The minimum absolute atomic E-state index is 0.0610. The summed E-state index contributed by atoms with van der Waals surface area (Å²) in [5.74, 6) is 0.299. The van der Waals surface area contributed by atoms with E-state index in [9.17, 15) is 9.59 Å². The molecule has 1 aliphatic heterocycles. The van der Waals surface area contributed by atoms with Gasteiger partial charge in [0.25, 0.3) is 5.91 Å². The maximum Gasteiger partial charge on any atom is 0.259 e. The third-order valence-electron chi connectivity index (χ3n) is 4.01. The molecule has 0 bridgehead atoms. The van der Waals surface area contributed by atoms with Crippen molar-refractivity contribution in [1.29, 1.82) is 0 Å². The number of likely N-dealkylation sites (tertiary alicyclic amines) is 1. The van der Waals surface area contributed by atoms with E-state index in [1.807, 2.05) is 12.1 Å². The molecule has 1 aliphatic rings. The molecule has 0 saturated carbocycles. The monoisotopic (exact) mass is 315 g/mol. The van der Waals surface area contributed by atoms with Gasteiger partial charge in [0, 0.05) is 13.0 Å². The lowest BCUT2D eigenvalue weighted by atomic mass is 10.0. The van der Waals surface area contributed by atoms with Crippen LogP contribution in [0, 0.1) is 0 Å². The molecule has 124 valence electrons. The molecule has 1 heterocycles. The topological polar surface area (TPSA) is 61.8 Å².